The molecule has 4 rings (SSSR count). The van der Waals surface area contributed by atoms with Gasteiger partial charge in [0, 0.05) is 13.1 Å². The van der Waals surface area contributed by atoms with Crippen molar-refractivity contribution in [3.05, 3.63) is 95.1 Å². The maximum atomic E-state index is 13.3. The van der Waals surface area contributed by atoms with E-state index in [0.717, 1.165) is 22.8 Å². The number of alkyl halides is 3. The SMILES string of the molecule is Cc1ccc(-c2ccc(CC(=O)N3CCC(c4ccccc4C(F)(F)F)CC3)cc2)cc1. The van der Waals surface area contributed by atoms with Gasteiger partial charge >= 0.3 is 6.18 Å². The number of carbonyl (C=O) groups is 1. The van der Waals surface area contributed by atoms with Gasteiger partial charge in [-0.05, 0) is 54.0 Å². The van der Waals surface area contributed by atoms with Crippen molar-refractivity contribution in [2.45, 2.75) is 38.3 Å². The Bertz CT molecular complexity index is 1060. The monoisotopic (exact) mass is 437 g/mol. The molecule has 32 heavy (non-hydrogen) atoms. The summed E-state index contributed by atoms with van der Waals surface area (Å²) in [5, 5.41) is 0. The molecule has 0 aliphatic carbocycles. The van der Waals surface area contributed by atoms with Gasteiger partial charge in [-0.3, -0.25) is 4.79 Å². The number of benzene rings is 3. The molecule has 3 aromatic rings. The molecule has 166 valence electrons. The molecule has 2 nitrogen and oxygen atoms in total. The first-order valence-corrected chi connectivity index (χ1v) is 10.9. The van der Waals surface area contributed by atoms with E-state index in [1.54, 1.807) is 17.0 Å². The predicted octanol–water partition coefficient (Wildman–Crippen LogP) is 6.63. The third-order valence-electron chi connectivity index (χ3n) is 6.25. The van der Waals surface area contributed by atoms with Gasteiger partial charge in [-0.25, -0.2) is 0 Å². The van der Waals surface area contributed by atoms with Gasteiger partial charge < -0.3 is 4.90 Å². The molecule has 1 saturated heterocycles. The average molecular weight is 438 g/mol. The highest BCUT2D eigenvalue weighted by atomic mass is 19.4. The van der Waals surface area contributed by atoms with E-state index in [1.165, 1.54) is 11.6 Å². The van der Waals surface area contributed by atoms with Crippen molar-refractivity contribution in [1.29, 1.82) is 0 Å². The Morgan fingerprint density at radius 3 is 2.03 bits per heavy atom. The summed E-state index contributed by atoms with van der Waals surface area (Å²) in [7, 11) is 0. The maximum Gasteiger partial charge on any atom is 0.416 e. The standard InChI is InChI=1S/C27H26F3NO/c1-19-6-10-21(11-7-19)22-12-8-20(9-13-22)18-26(32)31-16-14-23(15-17-31)24-4-2-3-5-25(24)27(28,29)30/h2-13,23H,14-18H2,1H3. The summed E-state index contributed by atoms with van der Waals surface area (Å²) in [6.07, 6.45) is -2.96. The molecular formula is C27H26F3NO. The van der Waals surface area contributed by atoms with Crippen LogP contribution in [-0.2, 0) is 17.4 Å². The van der Waals surface area contributed by atoms with Gasteiger partial charge in [0.2, 0.25) is 5.91 Å². The van der Waals surface area contributed by atoms with E-state index < -0.39 is 11.7 Å². The van der Waals surface area contributed by atoms with Crippen molar-refractivity contribution >= 4 is 5.91 Å². The highest BCUT2D eigenvalue weighted by molar-refractivity contribution is 5.79. The number of piperidine rings is 1. The lowest BCUT2D eigenvalue weighted by molar-refractivity contribution is -0.139. The molecule has 0 radical (unpaired) electrons. The number of hydrogen-bond donors (Lipinski definition) is 0. The van der Waals surface area contributed by atoms with Gasteiger partial charge in [0.15, 0.2) is 0 Å². The van der Waals surface area contributed by atoms with E-state index in [1.807, 2.05) is 24.3 Å². The summed E-state index contributed by atoms with van der Waals surface area (Å²) in [5.74, 6) is -0.152. The second kappa shape index (κ2) is 9.19. The lowest BCUT2D eigenvalue weighted by Gasteiger charge is -2.33. The molecule has 0 atom stereocenters. The lowest BCUT2D eigenvalue weighted by atomic mass is 9.86. The molecule has 0 spiro atoms. The number of nitrogens with zero attached hydrogens (tertiary/aromatic N) is 1. The molecule has 0 saturated carbocycles. The van der Waals surface area contributed by atoms with Gasteiger partial charge in [0.1, 0.15) is 0 Å². The number of carbonyl (C=O) groups excluding carboxylic acids is 1. The zero-order valence-electron chi connectivity index (χ0n) is 18.0. The Morgan fingerprint density at radius 1 is 0.875 bits per heavy atom. The van der Waals surface area contributed by atoms with E-state index >= 15 is 0 Å². The minimum absolute atomic E-state index is 0.0237. The van der Waals surface area contributed by atoms with Crippen molar-refractivity contribution in [2.75, 3.05) is 13.1 Å². The molecule has 5 heteroatoms. The summed E-state index contributed by atoms with van der Waals surface area (Å²) in [6.45, 7) is 3.02. The summed E-state index contributed by atoms with van der Waals surface area (Å²) in [4.78, 5) is 14.6. The minimum atomic E-state index is -4.35. The molecule has 1 heterocycles. The quantitative estimate of drug-likeness (QED) is 0.449. The van der Waals surface area contributed by atoms with Crippen LogP contribution >= 0.6 is 0 Å². The first-order valence-electron chi connectivity index (χ1n) is 10.9. The zero-order chi connectivity index (χ0) is 22.7. The summed E-state index contributed by atoms with van der Waals surface area (Å²) < 4.78 is 40.0. The molecule has 0 aromatic heterocycles. The second-order valence-electron chi connectivity index (χ2n) is 8.48. The Labute approximate surface area is 186 Å². The topological polar surface area (TPSA) is 20.3 Å². The van der Waals surface area contributed by atoms with Crippen LogP contribution in [0.25, 0.3) is 11.1 Å². The van der Waals surface area contributed by atoms with Crippen LogP contribution in [0.4, 0.5) is 13.2 Å². The molecule has 1 amide bonds. The molecule has 3 aromatic carbocycles. The molecule has 0 N–H and O–H groups in total. The largest absolute Gasteiger partial charge is 0.416 e. The van der Waals surface area contributed by atoms with Crippen molar-refractivity contribution < 1.29 is 18.0 Å². The summed E-state index contributed by atoms with van der Waals surface area (Å²) in [5.41, 5.74) is 4.18. The Kier molecular flexibility index (Phi) is 6.35. The normalized spacial score (nSPS) is 15.1. The number of likely N-dealkylation sites (tertiary alicyclic amines) is 1. The van der Waals surface area contributed by atoms with Crippen LogP contribution in [0.15, 0.2) is 72.8 Å². The second-order valence-corrected chi connectivity index (χ2v) is 8.48. The van der Waals surface area contributed by atoms with Crippen LogP contribution in [0.3, 0.4) is 0 Å². The summed E-state index contributed by atoms with van der Waals surface area (Å²) >= 11 is 0. The van der Waals surface area contributed by atoms with Gasteiger partial charge in [-0.15, -0.1) is 0 Å². The zero-order valence-corrected chi connectivity index (χ0v) is 18.0. The predicted molar refractivity (Wildman–Crippen MR) is 120 cm³/mol. The number of aryl methyl sites for hydroxylation is 1. The third-order valence-corrected chi connectivity index (χ3v) is 6.25. The molecular weight excluding hydrogens is 411 g/mol. The van der Waals surface area contributed by atoms with E-state index in [9.17, 15) is 18.0 Å². The van der Waals surface area contributed by atoms with Crippen LogP contribution in [0, 0.1) is 6.92 Å². The van der Waals surface area contributed by atoms with Gasteiger partial charge in [-0.1, -0.05) is 72.3 Å². The molecule has 1 aliphatic rings. The van der Waals surface area contributed by atoms with Gasteiger partial charge in [-0.2, -0.15) is 13.2 Å². The lowest BCUT2D eigenvalue weighted by Crippen LogP contribution is -2.39. The van der Waals surface area contributed by atoms with E-state index in [4.69, 9.17) is 0 Å². The molecule has 1 aliphatic heterocycles. The van der Waals surface area contributed by atoms with Crippen molar-refractivity contribution in [2.24, 2.45) is 0 Å². The van der Waals surface area contributed by atoms with Crippen molar-refractivity contribution in [1.82, 2.24) is 4.90 Å². The Morgan fingerprint density at radius 2 is 1.44 bits per heavy atom. The molecule has 0 unspecified atom stereocenters. The number of halogens is 3. The van der Waals surface area contributed by atoms with Crippen LogP contribution in [0.5, 0.6) is 0 Å². The van der Waals surface area contributed by atoms with Gasteiger partial charge in [0.25, 0.3) is 0 Å². The van der Waals surface area contributed by atoms with E-state index in [0.29, 0.717) is 37.9 Å². The van der Waals surface area contributed by atoms with Crippen molar-refractivity contribution in [3.63, 3.8) is 0 Å². The number of hydrogen-bond acceptors (Lipinski definition) is 1. The fourth-order valence-electron chi connectivity index (χ4n) is 4.40. The molecule has 1 fully saturated rings. The third kappa shape index (κ3) is 5.04. The van der Waals surface area contributed by atoms with E-state index in [2.05, 4.69) is 31.2 Å². The first-order chi connectivity index (χ1) is 15.3. The van der Waals surface area contributed by atoms with Crippen LogP contribution in [0.2, 0.25) is 0 Å². The van der Waals surface area contributed by atoms with Gasteiger partial charge in [0.05, 0.1) is 12.0 Å². The Hall–Kier alpha value is -3.08. The minimum Gasteiger partial charge on any atom is -0.342 e. The molecule has 0 bridgehead atoms. The van der Waals surface area contributed by atoms with Crippen LogP contribution in [-0.4, -0.2) is 23.9 Å². The maximum absolute atomic E-state index is 13.3. The average Bonchev–Trinajstić information content (AvgIpc) is 2.80. The van der Waals surface area contributed by atoms with Crippen molar-refractivity contribution in [3.8, 4) is 11.1 Å². The van der Waals surface area contributed by atoms with Crippen LogP contribution < -0.4 is 0 Å². The first kappa shape index (κ1) is 22.1. The fourth-order valence-corrected chi connectivity index (χ4v) is 4.40. The van der Waals surface area contributed by atoms with Crippen LogP contribution in [0.1, 0.15) is 41.0 Å². The Balaban J connectivity index is 1.36. The number of amides is 1. The number of rotatable bonds is 4. The smallest absolute Gasteiger partial charge is 0.342 e. The highest BCUT2D eigenvalue weighted by Crippen LogP contribution is 2.38. The highest BCUT2D eigenvalue weighted by Gasteiger charge is 2.36. The summed E-state index contributed by atoms with van der Waals surface area (Å²) in [6, 6.07) is 22.1. The van der Waals surface area contributed by atoms with E-state index in [-0.39, 0.29) is 11.8 Å². The fraction of sp³-hybridized carbons (Fsp3) is 0.296.